The van der Waals surface area contributed by atoms with E-state index in [9.17, 15) is 5.11 Å². The molecule has 3 heteroatoms. The van der Waals surface area contributed by atoms with Gasteiger partial charge < -0.3 is 15.2 Å². The molecule has 1 aromatic rings. The van der Waals surface area contributed by atoms with Gasteiger partial charge in [0, 0.05) is 5.54 Å². The van der Waals surface area contributed by atoms with Crippen LogP contribution in [-0.4, -0.2) is 18.8 Å². The predicted molar refractivity (Wildman–Crippen MR) is 61.4 cm³/mol. The molecular weight excluding hydrogens is 190 g/mol. The standard InChI is InChI=1S/C12H19NO2/c1-5-15-11-8-9(6-7-10(11)14)12(2,3)13-4/h6-8,13-14H,5H2,1-4H3. The second kappa shape index (κ2) is 4.53. The van der Waals surface area contributed by atoms with Gasteiger partial charge in [0.15, 0.2) is 11.5 Å². The number of hydrogen-bond donors (Lipinski definition) is 2. The molecule has 0 radical (unpaired) electrons. The van der Waals surface area contributed by atoms with Crippen LogP contribution in [-0.2, 0) is 5.54 Å². The molecule has 0 heterocycles. The lowest BCUT2D eigenvalue weighted by atomic mass is 9.94. The average Bonchev–Trinajstić information content (AvgIpc) is 2.21. The number of hydrogen-bond acceptors (Lipinski definition) is 3. The smallest absolute Gasteiger partial charge is 0.161 e. The van der Waals surface area contributed by atoms with Crippen molar-refractivity contribution in [3.8, 4) is 11.5 Å². The van der Waals surface area contributed by atoms with Crippen molar-refractivity contribution >= 4 is 0 Å². The lowest BCUT2D eigenvalue weighted by Gasteiger charge is -2.25. The van der Waals surface area contributed by atoms with Gasteiger partial charge in [0.2, 0.25) is 0 Å². The Labute approximate surface area is 91.1 Å². The molecule has 0 amide bonds. The average molecular weight is 209 g/mol. The number of ether oxygens (including phenoxy) is 1. The molecule has 0 saturated carbocycles. The first-order valence-corrected chi connectivity index (χ1v) is 5.16. The van der Waals surface area contributed by atoms with Gasteiger partial charge in [-0.15, -0.1) is 0 Å². The molecule has 0 aliphatic heterocycles. The zero-order chi connectivity index (χ0) is 11.5. The van der Waals surface area contributed by atoms with Crippen LogP contribution in [0.1, 0.15) is 26.3 Å². The van der Waals surface area contributed by atoms with Crippen LogP contribution in [0.2, 0.25) is 0 Å². The highest BCUT2D eigenvalue weighted by Crippen LogP contribution is 2.31. The third-order valence-corrected chi connectivity index (χ3v) is 2.61. The Morgan fingerprint density at radius 2 is 2.07 bits per heavy atom. The molecular formula is C12H19NO2. The largest absolute Gasteiger partial charge is 0.504 e. The molecule has 0 bridgehead atoms. The van der Waals surface area contributed by atoms with E-state index >= 15 is 0 Å². The van der Waals surface area contributed by atoms with Crippen molar-refractivity contribution in [1.29, 1.82) is 0 Å². The van der Waals surface area contributed by atoms with E-state index in [0.29, 0.717) is 12.4 Å². The highest BCUT2D eigenvalue weighted by atomic mass is 16.5. The van der Waals surface area contributed by atoms with Crippen molar-refractivity contribution in [3.63, 3.8) is 0 Å². The van der Waals surface area contributed by atoms with E-state index in [-0.39, 0.29) is 11.3 Å². The van der Waals surface area contributed by atoms with Crippen molar-refractivity contribution in [2.45, 2.75) is 26.3 Å². The molecule has 1 aromatic carbocycles. The summed E-state index contributed by atoms with van der Waals surface area (Å²) in [7, 11) is 1.91. The number of rotatable bonds is 4. The molecule has 1 rings (SSSR count). The van der Waals surface area contributed by atoms with Crippen molar-refractivity contribution in [1.82, 2.24) is 5.32 Å². The highest BCUT2D eigenvalue weighted by Gasteiger charge is 2.19. The fourth-order valence-electron chi connectivity index (χ4n) is 1.32. The quantitative estimate of drug-likeness (QED) is 0.799. The Balaban J connectivity index is 3.07. The maximum Gasteiger partial charge on any atom is 0.161 e. The van der Waals surface area contributed by atoms with E-state index < -0.39 is 0 Å². The summed E-state index contributed by atoms with van der Waals surface area (Å²) in [6.07, 6.45) is 0. The SMILES string of the molecule is CCOc1cc(C(C)(C)NC)ccc1O. The van der Waals surface area contributed by atoms with Crippen molar-refractivity contribution < 1.29 is 9.84 Å². The number of phenolic OH excluding ortho intramolecular Hbond substituents is 1. The van der Waals surface area contributed by atoms with E-state index in [1.807, 2.05) is 26.1 Å². The molecule has 15 heavy (non-hydrogen) atoms. The summed E-state index contributed by atoms with van der Waals surface area (Å²) in [4.78, 5) is 0. The van der Waals surface area contributed by atoms with Crippen LogP contribution in [0.4, 0.5) is 0 Å². The molecule has 2 N–H and O–H groups in total. The van der Waals surface area contributed by atoms with Crippen molar-refractivity contribution in [2.75, 3.05) is 13.7 Å². The molecule has 0 saturated heterocycles. The fourth-order valence-corrected chi connectivity index (χ4v) is 1.32. The van der Waals surface area contributed by atoms with Crippen LogP contribution in [0.15, 0.2) is 18.2 Å². The van der Waals surface area contributed by atoms with Gasteiger partial charge in [-0.2, -0.15) is 0 Å². The lowest BCUT2D eigenvalue weighted by Crippen LogP contribution is -2.33. The Bertz CT molecular complexity index is 334. The Hall–Kier alpha value is -1.22. The molecule has 0 unspecified atom stereocenters. The van der Waals surface area contributed by atoms with Gasteiger partial charge in [-0.25, -0.2) is 0 Å². The van der Waals surface area contributed by atoms with Crippen molar-refractivity contribution in [3.05, 3.63) is 23.8 Å². The molecule has 0 aliphatic rings. The first kappa shape index (κ1) is 11.9. The summed E-state index contributed by atoms with van der Waals surface area (Å²) in [6.45, 7) is 6.61. The van der Waals surface area contributed by atoms with E-state index in [1.165, 1.54) is 0 Å². The van der Waals surface area contributed by atoms with Crippen molar-refractivity contribution in [2.24, 2.45) is 0 Å². The van der Waals surface area contributed by atoms with Gasteiger partial charge in [0.1, 0.15) is 0 Å². The lowest BCUT2D eigenvalue weighted by molar-refractivity contribution is 0.316. The molecule has 0 fully saturated rings. The second-order valence-corrected chi connectivity index (χ2v) is 3.99. The summed E-state index contributed by atoms with van der Waals surface area (Å²) in [6, 6.07) is 5.43. The second-order valence-electron chi connectivity index (χ2n) is 3.99. The molecule has 3 nitrogen and oxygen atoms in total. The van der Waals surface area contributed by atoms with Gasteiger partial charge in [0.25, 0.3) is 0 Å². The zero-order valence-corrected chi connectivity index (χ0v) is 9.79. The fraction of sp³-hybridized carbons (Fsp3) is 0.500. The van der Waals surface area contributed by atoms with E-state index in [2.05, 4.69) is 19.2 Å². The van der Waals surface area contributed by atoms with E-state index in [4.69, 9.17) is 4.74 Å². The first-order valence-electron chi connectivity index (χ1n) is 5.16. The minimum absolute atomic E-state index is 0.125. The maximum absolute atomic E-state index is 9.56. The summed E-state index contributed by atoms with van der Waals surface area (Å²) in [5.74, 6) is 0.728. The first-order chi connectivity index (χ1) is 7.01. The normalized spacial score (nSPS) is 11.5. The topological polar surface area (TPSA) is 41.5 Å². The monoisotopic (exact) mass is 209 g/mol. The molecule has 0 aliphatic carbocycles. The minimum atomic E-state index is -0.125. The summed E-state index contributed by atoms with van der Waals surface area (Å²) < 4.78 is 5.34. The molecule has 0 spiro atoms. The third kappa shape index (κ3) is 2.63. The van der Waals surface area contributed by atoms with Crippen LogP contribution in [0.25, 0.3) is 0 Å². The maximum atomic E-state index is 9.56. The zero-order valence-electron chi connectivity index (χ0n) is 9.79. The van der Waals surface area contributed by atoms with Gasteiger partial charge in [-0.1, -0.05) is 6.07 Å². The van der Waals surface area contributed by atoms with E-state index in [1.54, 1.807) is 6.07 Å². The van der Waals surface area contributed by atoms with Crippen LogP contribution in [0.3, 0.4) is 0 Å². The molecule has 0 atom stereocenters. The van der Waals surface area contributed by atoms with Gasteiger partial charge in [0.05, 0.1) is 6.61 Å². The van der Waals surface area contributed by atoms with E-state index in [0.717, 1.165) is 5.56 Å². The Morgan fingerprint density at radius 1 is 1.40 bits per heavy atom. The van der Waals surface area contributed by atoms with Gasteiger partial charge in [-0.3, -0.25) is 0 Å². The summed E-state index contributed by atoms with van der Waals surface area (Å²) in [5, 5.41) is 12.8. The molecule has 84 valence electrons. The predicted octanol–water partition coefficient (Wildman–Crippen LogP) is 2.25. The molecule has 0 aromatic heterocycles. The van der Waals surface area contributed by atoms with Gasteiger partial charge in [-0.05, 0) is 45.5 Å². The third-order valence-electron chi connectivity index (χ3n) is 2.61. The van der Waals surface area contributed by atoms with Crippen LogP contribution in [0, 0.1) is 0 Å². The van der Waals surface area contributed by atoms with Crippen LogP contribution < -0.4 is 10.1 Å². The Morgan fingerprint density at radius 3 is 2.60 bits per heavy atom. The van der Waals surface area contributed by atoms with Gasteiger partial charge >= 0.3 is 0 Å². The van der Waals surface area contributed by atoms with Crippen LogP contribution in [0.5, 0.6) is 11.5 Å². The number of nitrogens with one attached hydrogen (secondary N) is 1. The number of phenols is 1. The number of aromatic hydroxyl groups is 1. The Kier molecular flexibility index (Phi) is 3.58. The summed E-state index contributed by atoms with van der Waals surface area (Å²) >= 11 is 0. The summed E-state index contributed by atoms with van der Waals surface area (Å²) in [5.41, 5.74) is 0.964. The minimum Gasteiger partial charge on any atom is -0.504 e. The van der Waals surface area contributed by atoms with Crippen LogP contribution >= 0.6 is 0 Å². The highest BCUT2D eigenvalue weighted by molar-refractivity contribution is 5.43. The number of benzene rings is 1.